The number of halogens is 1. The number of aromatic nitrogens is 4. The van der Waals surface area contributed by atoms with E-state index in [2.05, 4.69) is 0 Å². The van der Waals surface area contributed by atoms with Gasteiger partial charge in [-0.1, -0.05) is 48.0 Å². The lowest BCUT2D eigenvalue weighted by Crippen LogP contribution is -2.43. The lowest BCUT2D eigenvalue weighted by atomic mass is 10.2. The molecule has 5 aromatic rings. The number of methoxy groups -OCH3 is 1. The van der Waals surface area contributed by atoms with Gasteiger partial charge in [-0.3, -0.25) is 0 Å². The van der Waals surface area contributed by atoms with E-state index in [0.717, 1.165) is 34.0 Å². The van der Waals surface area contributed by atoms with Crippen molar-refractivity contribution in [2.75, 3.05) is 7.11 Å². The van der Waals surface area contributed by atoms with Gasteiger partial charge in [0.05, 0.1) is 17.8 Å². The summed E-state index contributed by atoms with van der Waals surface area (Å²) >= 11 is 6.25. The van der Waals surface area contributed by atoms with Gasteiger partial charge < -0.3 is 9.47 Å². The van der Waals surface area contributed by atoms with E-state index in [1.165, 1.54) is 0 Å². The fourth-order valence-electron chi connectivity index (χ4n) is 3.49. The van der Waals surface area contributed by atoms with Crippen LogP contribution in [0.15, 0.2) is 103 Å². The van der Waals surface area contributed by atoms with Gasteiger partial charge in [0.1, 0.15) is 23.8 Å². The van der Waals surface area contributed by atoms with E-state index < -0.39 is 0 Å². The minimum absolute atomic E-state index is 0.513. The number of rotatable bonds is 7. The van der Waals surface area contributed by atoms with Crippen molar-refractivity contribution in [2.45, 2.75) is 6.61 Å². The average molecular weight is 470 g/mol. The lowest BCUT2D eigenvalue weighted by Gasteiger charge is -2.05. The molecular formula is C27H22ClN4O2+. The maximum absolute atomic E-state index is 6.25. The second-order valence-corrected chi connectivity index (χ2v) is 8.02. The Hall–Kier alpha value is -4.16. The van der Waals surface area contributed by atoms with Gasteiger partial charge in [-0.2, -0.15) is 0 Å². The van der Waals surface area contributed by atoms with Crippen LogP contribution < -0.4 is 14.3 Å². The van der Waals surface area contributed by atoms with Gasteiger partial charge in [0, 0.05) is 9.82 Å². The zero-order valence-corrected chi connectivity index (χ0v) is 19.3. The number of tetrazole rings is 1. The molecule has 4 aromatic carbocycles. The molecule has 0 atom stereocenters. The molecule has 7 heteroatoms. The Labute approximate surface area is 202 Å². The van der Waals surface area contributed by atoms with Crippen LogP contribution in [0.3, 0.4) is 0 Å². The van der Waals surface area contributed by atoms with Crippen molar-refractivity contribution in [3.63, 3.8) is 0 Å². The average Bonchev–Trinajstić information content (AvgIpc) is 3.34. The third kappa shape index (κ3) is 4.77. The number of hydrogen-bond acceptors (Lipinski definition) is 4. The first kappa shape index (κ1) is 21.7. The first-order valence-electron chi connectivity index (χ1n) is 10.8. The van der Waals surface area contributed by atoms with Gasteiger partial charge in [-0.15, -0.1) is 0 Å². The highest BCUT2D eigenvalue weighted by molar-refractivity contribution is 6.30. The van der Waals surface area contributed by atoms with Crippen molar-refractivity contribution in [1.29, 1.82) is 0 Å². The largest absolute Gasteiger partial charge is 0.497 e. The summed E-state index contributed by atoms with van der Waals surface area (Å²) in [5.74, 6) is 2.12. The third-order valence-corrected chi connectivity index (χ3v) is 5.50. The summed E-state index contributed by atoms with van der Waals surface area (Å²) in [6, 6.07) is 33.0. The molecule has 1 heterocycles. The lowest BCUT2D eigenvalue weighted by molar-refractivity contribution is -0.734. The molecule has 0 aliphatic carbocycles. The Morgan fingerprint density at radius 2 is 1.56 bits per heavy atom. The molecule has 0 unspecified atom stereocenters. The minimum Gasteiger partial charge on any atom is -0.497 e. The minimum atomic E-state index is 0.513. The Balaban J connectivity index is 1.46. The van der Waals surface area contributed by atoms with Crippen molar-refractivity contribution in [3.05, 3.63) is 114 Å². The first-order chi connectivity index (χ1) is 16.7. The van der Waals surface area contributed by atoms with Crippen LogP contribution in [0.4, 0.5) is 0 Å². The van der Waals surface area contributed by atoms with Crippen LogP contribution in [0.1, 0.15) is 5.56 Å². The van der Waals surface area contributed by atoms with Crippen molar-refractivity contribution >= 4 is 11.6 Å². The molecule has 0 saturated carbocycles. The standard InChI is InChI=1S/C27H22ClN4O2/c1-33-25-16-12-23(13-17-25)31-29-27(30-32(31)24-9-5-8-22(28)18-24)21-10-14-26(15-11-21)34-19-20-6-3-2-4-7-20/h2-18H,19H2,1H3/q+1. The van der Waals surface area contributed by atoms with Gasteiger partial charge in [0.2, 0.25) is 0 Å². The van der Waals surface area contributed by atoms with Crippen molar-refractivity contribution < 1.29 is 14.3 Å². The predicted octanol–water partition coefficient (Wildman–Crippen LogP) is 5.45. The quantitative estimate of drug-likeness (QED) is 0.297. The van der Waals surface area contributed by atoms with Crippen molar-refractivity contribution in [3.8, 4) is 34.3 Å². The topological polar surface area (TPSA) is 53.1 Å². The molecule has 168 valence electrons. The zero-order chi connectivity index (χ0) is 23.3. The molecule has 34 heavy (non-hydrogen) atoms. The predicted molar refractivity (Wildman–Crippen MR) is 131 cm³/mol. The number of ether oxygens (including phenoxy) is 2. The number of nitrogens with zero attached hydrogens (tertiary/aromatic N) is 4. The van der Waals surface area contributed by atoms with Crippen LogP contribution in [-0.2, 0) is 6.61 Å². The molecule has 0 radical (unpaired) electrons. The highest BCUT2D eigenvalue weighted by atomic mass is 35.5. The van der Waals surface area contributed by atoms with E-state index in [9.17, 15) is 0 Å². The van der Waals surface area contributed by atoms with E-state index in [1.807, 2.05) is 103 Å². The van der Waals surface area contributed by atoms with Gasteiger partial charge in [0.25, 0.3) is 0 Å². The molecule has 0 amide bonds. The highest BCUT2D eigenvalue weighted by Crippen LogP contribution is 2.21. The second-order valence-electron chi connectivity index (χ2n) is 7.58. The SMILES string of the molecule is COc1ccc(-[n+]2nc(-c3ccc(OCc4ccccc4)cc3)nn2-c2cccc(Cl)c2)cc1. The summed E-state index contributed by atoms with van der Waals surface area (Å²) in [7, 11) is 1.64. The molecule has 0 aliphatic rings. The van der Waals surface area contributed by atoms with Crippen LogP contribution in [0, 0.1) is 0 Å². The summed E-state index contributed by atoms with van der Waals surface area (Å²) < 4.78 is 11.2. The fourth-order valence-corrected chi connectivity index (χ4v) is 3.68. The van der Waals surface area contributed by atoms with Crippen molar-refractivity contribution in [1.82, 2.24) is 15.0 Å². The van der Waals surface area contributed by atoms with E-state index in [-0.39, 0.29) is 0 Å². The highest BCUT2D eigenvalue weighted by Gasteiger charge is 2.23. The maximum atomic E-state index is 6.25. The zero-order valence-electron chi connectivity index (χ0n) is 18.5. The number of benzene rings is 4. The molecule has 5 rings (SSSR count). The molecule has 0 saturated heterocycles. The normalized spacial score (nSPS) is 10.8. The summed E-state index contributed by atoms with van der Waals surface area (Å²) in [6.07, 6.45) is 0. The summed E-state index contributed by atoms with van der Waals surface area (Å²) in [5, 5.41) is 10.2. The van der Waals surface area contributed by atoms with E-state index in [1.54, 1.807) is 16.7 Å². The van der Waals surface area contributed by atoms with Crippen LogP contribution in [-0.4, -0.2) is 22.1 Å². The van der Waals surface area contributed by atoms with Gasteiger partial charge in [0.15, 0.2) is 5.69 Å². The molecule has 0 N–H and O–H groups in total. The number of hydrogen-bond donors (Lipinski definition) is 0. The summed E-state index contributed by atoms with van der Waals surface area (Å²) in [6.45, 7) is 0.513. The van der Waals surface area contributed by atoms with E-state index >= 15 is 0 Å². The van der Waals surface area contributed by atoms with Gasteiger partial charge >= 0.3 is 5.82 Å². The Kier molecular flexibility index (Phi) is 6.23. The Bertz CT molecular complexity index is 1380. The van der Waals surface area contributed by atoms with Crippen LogP contribution in [0.2, 0.25) is 5.02 Å². The Morgan fingerprint density at radius 1 is 0.824 bits per heavy atom. The second kappa shape index (κ2) is 9.77. The molecule has 0 spiro atoms. The molecule has 0 fully saturated rings. The monoisotopic (exact) mass is 469 g/mol. The maximum Gasteiger partial charge on any atom is 0.340 e. The Morgan fingerprint density at radius 3 is 2.26 bits per heavy atom. The van der Waals surface area contributed by atoms with E-state index in [4.69, 9.17) is 31.3 Å². The molecule has 0 bridgehead atoms. The first-order valence-corrected chi connectivity index (χ1v) is 11.1. The molecular weight excluding hydrogens is 448 g/mol. The van der Waals surface area contributed by atoms with Gasteiger partial charge in [-0.25, -0.2) is 0 Å². The summed E-state index contributed by atoms with van der Waals surface area (Å²) in [4.78, 5) is 3.46. The smallest absolute Gasteiger partial charge is 0.340 e. The van der Waals surface area contributed by atoms with Crippen LogP contribution in [0.5, 0.6) is 11.5 Å². The van der Waals surface area contributed by atoms with Crippen LogP contribution >= 0.6 is 11.6 Å². The molecule has 0 aliphatic heterocycles. The van der Waals surface area contributed by atoms with Crippen LogP contribution in [0.25, 0.3) is 22.8 Å². The molecule has 6 nitrogen and oxygen atoms in total. The molecule has 1 aromatic heterocycles. The fraction of sp³-hybridized carbons (Fsp3) is 0.0741. The van der Waals surface area contributed by atoms with E-state index in [0.29, 0.717) is 17.5 Å². The van der Waals surface area contributed by atoms with Gasteiger partial charge in [-0.05, 0) is 82.2 Å². The van der Waals surface area contributed by atoms with Crippen molar-refractivity contribution in [2.24, 2.45) is 0 Å². The summed E-state index contributed by atoms with van der Waals surface area (Å²) in [5.41, 5.74) is 3.62. The third-order valence-electron chi connectivity index (χ3n) is 5.26.